The molecule has 0 spiro atoms. The highest BCUT2D eigenvalue weighted by atomic mass is 16.5. The molecule has 3 aromatic carbocycles. The van der Waals surface area contributed by atoms with E-state index in [4.69, 9.17) is 4.74 Å². The Morgan fingerprint density at radius 3 is 2.28 bits per heavy atom. The third-order valence-electron chi connectivity index (χ3n) is 5.85. The number of ether oxygens (including phenoxy) is 1. The average Bonchev–Trinajstić information content (AvgIpc) is 3.29. The molecule has 1 aromatic heterocycles. The Hall–Kier alpha value is -4.46. The summed E-state index contributed by atoms with van der Waals surface area (Å²) in [7, 11) is 0. The van der Waals surface area contributed by atoms with Crippen molar-refractivity contribution in [1.82, 2.24) is 20.0 Å². The van der Waals surface area contributed by atoms with E-state index in [1.54, 1.807) is 11.1 Å². The summed E-state index contributed by atoms with van der Waals surface area (Å²) in [4.78, 5) is 39.0. The third kappa shape index (κ3) is 6.15. The highest BCUT2D eigenvalue weighted by Gasteiger charge is 2.18. The Morgan fingerprint density at radius 2 is 1.61 bits per heavy atom. The lowest BCUT2D eigenvalue weighted by atomic mass is 10.0. The van der Waals surface area contributed by atoms with Crippen molar-refractivity contribution in [2.24, 2.45) is 0 Å². The molecule has 0 unspecified atom stereocenters. The fourth-order valence-electron chi connectivity index (χ4n) is 3.93. The van der Waals surface area contributed by atoms with Gasteiger partial charge in [-0.05, 0) is 41.3 Å². The number of alkyl carbamates (subject to hydrolysis) is 1. The van der Waals surface area contributed by atoms with Gasteiger partial charge in [0.2, 0.25) is 11.8 Å². The zero-order valence-electron chi connectivity index (χ0n) is 20.3. The maximum absolute atomic E-state index is 13.2. The molecule has 8 heteroatoms. The van der Waals surface area contributed by atoms with Crippen molar-refractivity contribution < 1.29 is 19.1 Å². The van der Waals surface area contributed by atoms with Gasteiger partial charge in [0.05, 0.1) is 11.7 Å². The molecule has 0 bridgehead atoms. The van der Waals surface area contributed by atoms with Crippen LogP contribution in [0, 0.1) is 6.92 Å². The van der Waals surface area contributed by atoms with Crippen molar-refractivity contribution in [3.05, 3.63) is 101 Å². The number of amides is 2. The van der Waals surface area contributed by atoms with Crippen LogP contribution >= 0.6 is 0 Å². The van der Waals surface area contributed by atoms with Gasteiger partial charge in [0.25, 0.3) is 0 Å². The number of carbonyl (C=O) groups excluding carboxylic acids is 3. The maximum atomic E-state index is 13.2. The summed E-state index contributed by atoms with van der Waals surface area (Å²) in [6.45, 7) is 4.01. The standard InChI is InChI=1S/C28H28N4O4/c1-20-13-24-15-30-32(21(2)33)26(24)14-25(20)18-31(17-22-9-5-3-6-10-22)27(34)16-29-28(35)36-19-23-11-7-4-8-12-23/h3-15H,16-19H2,1-2H3,(H,29,35). The predicted molar refractivity (Wildman–Crippen MR) is 136 cm³/mol. The molecule has 0 fully saturated rings. The quantitative estimate of drug-likeness (QED) is 0.399. The average molecular weight is 485 g/mol. The van der Waals surface area contributed by atoms with Crippen molar-refractivity contribution in [2.75, 3.05) is 6.54 Å². The first-order valence-corrected chi connectivity index (χ1v) is 11.6. The number of nitrogens with zero attached hydrogens (tertiary/aromatic N) is 3. The minimum absolute atomic E-state index is 0.123. The van der Waals surface area contributed by atoms with Crippen molar-refractivity contribution in [3.8, 4) is 0 Å². The van der Waals surface area contributed by atoms with Crippen molar-refractivity contribution in [2.45, 2.75) is 33.5 Å². The van der Waals surface area contributed by atoms with E-state index in [1.165, 1.54) is 11.6 Å². The topological polar surface area (TPSA) is 93.5 Å². The van der Waals surface area contributed by atoms with Crippen molar-refractivity contribution in [3.63, 3.8) is 0 Å². The first-order valence-electron chi connectivity index (χ1n) is 11.6. The van der Waals surface area contributed by atoms with E-state index in [0.717, 1.165) is 27.6 Å². The fourth-order valence-corrected chi connectivity index (χ4v) is 3.93. The molecule has 4 aromatic rings. The number of carbonyl (C=O) groups is 3. The van der Waals surface area contributed by atoms with Crippen LogP contribution in [0.5, 0.6) is 0 Å². The van der Waals surface area contributed by atoms with Gasteiger partial charge in [-0.25, -0.2) is 9.48 Å². The lowest BCUT2D eigenvalue weighted by molar-refractivity contribution is -0.131. The van der Waals surface area contributed by atoms with Crippen LogP contribution < -0.4 is 5.32 Å². The second-order valence-electron chi connectivity index (χ2n) is 8.56. The van der Waals surface area contributed by atoms with Gasteiger partial charge >= 0.3 is 6.09 Å². The first kappa shape index (κ1) is 24.7. The summed E-state index contributed by atoms with van der Waals surface area (Å²) < 4.78 is 6.58. The van der Waals surface area contributed by atoms with Gasteiger partial charge in [-0.1, -0.05) is 60.7 Å². The second-order valence-corrected chi connectivity index (χ2v) is 8.56. The van der Waals surface area contributed by atoms with Gasteiger partial charge in [-0.15, -0.1) is 0 Å². The van der Waals surface area contributed by atoms with E-state index < -0.39 is 6.09 Å². The van der Waals surface area contributed by atoms with E-state index >= 15 is 0 Å². The summed E-state index contributed by atoms with van der Waals surface area (Å²) in [5.41, 5.74) is 4.39. The number of nitrogens with one attached hydrogen (secondary N) is 1. The molecule has 0 aliphatic rings. The van der Waals surface area contributed by atoms with Gasteiger partial charge in [-0.2, -0.15) is 5.10 Å². The lowest BCUT2D eigenvalue weighted by Crippen LogP contribution is -2.39. The molecule has 0 radical (unpaired) electrons. The van der Waals surface area contributed by atoms with Gasteiger partial charge in [0.1, 0.15) is 13.2 Å². The Bertz CT molecular complexity index is 1370. The summed E-state index contributed by atoms with van der Waals surface area (Å²) in [5.74, 6) is -0.440. The van der Waals surface area contributed by atoms with Crippen LogP contribution in [0.15, 0.2) is 79.0 Å². The minimum atomic E-state index is -0.658. The zero-order chi connectivity index (χ0) is 25.5. The van der Waals surface area contributed by atoms with Crippen LogP contribution in [0.4, 0.5) is 4.79 Å². The maximum Gasteiger partial charge on any atom is 0.407 e. The summed E-state index contributed by atoms with van der Waals surface area (Å²) >= 11 is 0. The van der Waals surface area contributed by atoms with E-state index in [-0.39, 0.29) is 25.0 Å². The van der Waals surface area contributed by atoms with Crippen molar-refractivity contribution in [1.29, 1.82) is 0 Å². The first-order chi connectivity index (χ1) is 17.4. The lowest BCUT2D eigenvalue weighted by Gasteiger charge is -2.24. The smallest absolute Gasteiger partial charge is 0.407 e. The van der Waals surface area contributed by atoms with Gasteiger partial charge in [0.15, 0.2) is 0 Å². The molecule has 36 heavy (non-hydrogen) atoms. The highest BCUT2D eigenvalue weighted by Crippen LogP contribution is 2.22. The Labute approximate surface area is 209 Å². The molecule has 0 aliphatic heterocycles. The number of fused-ring (bicyclic) bond motifs is 1. The van der Waals surface area contributed by atoms with Gasteiger partial charge in [-0.3, -0.25) is 9.59 Å². The summed E-state index contributed by atoms with van der Waals surface area (Å²) in [5, 5.41) is 7.59. The SMILES string of the molecule is CC(=O)n1ncc2cc(C)c(CN(Cc3ccccc3)C(=O)CNC(=O)OCc3ccccc3)cc21. The largest absolute Gasteiger partial charge is 0.445 e. The third-order valence-corrected chi connectivity index (χ3v) is 5.85. The molecule has 2 amide bonds. The van der Waals surface area contributed by atoms with Crippen LogP contribution in [0.1, 0.15) is 34.0 Å². The minimum Gasteiger partial charge on any atom is -0.445 e. The zero-order valence-corrected chi connectivity index (χ0v) is 20.3. The molecule has 0 aliphatic carbocycles. The van der Waals surface area contributed by atoms with Crippen LogP contribution in [-0.2, 0) is 29.2 Å². The van der Waals surface area contributed by atoms with E-state index in [1.807, 2.05) is 79.7 Å². The van der Waals surface area contributed by atoms with E-state index in [0.29, 0.717) is 18.6 Å². The molecule has 4 rings (SSSR count). The number of aromatic nitrogens is 2. The molecule has 0 atom stereocenters. The molecule has 184 valence electrons. The molecular formula is C28H28N4O4. The normalized spacial score (nSPS) is 10.7. The number of hydrogen-bond acceptors (Lipinski definition) is 5. The Kier molecular flexibility index (Phi) is 7.75. The number of hydrogen-bond donors (Lipinski definition) is 1. The molecule has 8 nitrogen and oxygen atoms in total. The number of benzene rings is 3. The van der Waals surface area contributed by atoms with Gasteiger partial charge < -0.3 is 15.0 Å². The van der Waals surface area contributed by atoms with Crippen LogP contribution in [0.3, 0.4) is 0 Å². The summed E-state index contributed by atoms with van der Waals surface area (Å²) in [6.07, 6.45) is 1.00. The monoisotopic (exact) mass is 484 g/mol. The molecule has 0 saturated carbocycles. The van der Waals surface area contributed by atoms with Crippen LogP contribution in [-0.4, -0.2) is 39.1 Å². The van der Waals surface area contributed by atoms with Crippen LogP contribution in [0.2, 0.25) is 0 Å². The predicted octanol–water partition coefficient (Wildman–Crippen LogP) is 4.46. The number of aryl methyl sites for hydroxylation is 1. The molecular weight excluding hydrogens is 456 g/mol. The van der Waals surface area contributed by atoms with Gasteiger partial charge in [0, 0.05) is 25.4 Å². The van der Waals surface area contributed by atoms with E-state index in [9.17, 15) is 14.4 Å². The Balaban J connectivity index is 1.48. The summed E-state index contributed by atoms with van der Waals surface area (Å²) in [6, 6.07) is 22.8. The fraction of sp³-hybridized carbons (Fsp3) is 0.214. The molecule has 0 saturated heterocycles. The second kappa shape index (κ2) is 11.3. The van der Waals surface area contributed by atoms with Crippen LogP contribution in [0.25, 0.3) is 10.9 Å². The number of rotatable bonds is 8. The van der Waals surface area contributed by atoms with Crippen molar-refractivity contribution >= 4 is 28.8 Å². The molecule has 1 heterocycles. The Morgan fingerprint density at radius 1 is 0.944 bits per heavy atom. The van der Waals surface area contributed by atoms with E-state index in [2.05, 4.69) is 10.4 Å². The molecule has 1 N–H and O–H groups in total. The highest BCUT2D eigenvalue weighted by molar-refractivity contribution is 5.90.